The van der Waals surface area contributed by atoms with Gasteiger partial charge in [-0.1, -0.05) is 18.2 Å². The molecule has 0 radical (unpaired) electrons. The first-order chi connectivity index (χ1) is 13.2. The molecule has 0 amide bonds. The molecule has 6 nitrogen and oxygen atoms in total. The molecule has 0 aliphatic carbocycles. The van der Waals surface area contributed by atoms with E-state index in [1.165, 1.54) is 0 Å². The topological polar surface area (TPSA) is 61.8 Å². The SMILES string of the molecule is CCNC(=NCc1ccc(N(CC)CC)nc1)NCc1cccc(OC)c1. The van der Waals surface area contributed by atoms with Gasteiger partial charge < -0.3 is 20.3 Å². The highest BCUT2D eigenvalue weighted by Crippen LogP contribution is 2.13. The molecule has 0 spiro atoms. The van der Waals surface area contributed by atoms with Crippen molar-refractivity contribution in [3.63, 3.8) is 0 Å². The lowest BCUT2D eigenvalue weighted by molar-refractivity contribution is 0.414. The molecule has 2 rings (SSSR count). The Balaban J connectivity index is 1.97. The third kappa shape index (κ3) is 6.47. The number of hydrogen-bond donors (Lipinski definition) is 2. The average Bonchev–Trinajstić information content (AvgIpc) is 2.72. The Labute approximate surface area is 162 Å². The van der Waals surface area contributed by atoms with Crippen molar-refractivity contribution < 1.29 is 4.74 Å². The summed E-state index contributed by atoms with van der Waals surface area (Å²) in [4.78, 5) is 11.5. The zero-order valence-electron chi connectivity index (χ0n) is 16.8. The van der Waals surface area contributed by atoms with Crippen LogP contribution in [0.3, 0.4) is 0 Å². The van der Waals surface area contributed by atoms with Crippen molar-refractivity contribution in [2.45, 2.75) is 33.9 Å². The van der Waals surface area contributed by atoms with E-state index >= 15 is 0 Å². The van der Waals surface area contributed by atoms with Gasteiger partial charge in [0.25, 0.3) is 0 Å². The number of hydrogen-bond acceptors (Lipinski definition) is 4. The zero-order valence-corrected chi connectivity index (χ0v) is 16.8. The molecule has 0 unspecified atom stereocenters. The number of aromatic nitrogens is 1. The number of benzene rings is 1. The van der Waals surface area contributed by atoms with Crippen LogP contribution in [0.15, 0.2) is 47.6 Å². The molecule has 6 heteroatoms. The number of guanidine groups is 1. The fraction of sp³-hybridized carbons (Fsp3) is 0.429. The largest absolute Gasteiger partial charge is 0.497 e. The van der Waals surface area contributed by atoms with Crippen LogP contribution in [0.2, 0.25) is 0 Å². The van der Waals surface area contributed by atoms with E-state index in [1.807, 2.05) is 24.4 Å². The molecule has 0 aliphatic rings. The Hall–Kier alpha value is -2.76. The maximum absolute atomic E-state index is 5.27. The van der Waals surface area contributed by atoms with Crippen LogP contribution < -0.4 is 20.3 Å². The van der Waals surface area contributed by atoms with E-state index in [2.05, 4.69) is 64.5 Å². The van der Waals surface area contributed by atoms with Gasteiger partial charge in [-0.25, -0.2) is 9.98 Å². The minimum absolute atomic E-state index is 0.582. The lowest BCUT2D eigenvalue weighted by atomic mass is 10.2. The Morgan fingerprint density at radius 3 is 2.52 bits per heavy atom. The Morgan fingerprint density at radius 1 is 1.07 bits per heavy atom. The summed E-state index contributed by atoms with van der Waals surface area (Å²) in [6.45, 7) is 10.3. The second-order valence-corrected chi connectivity index (χ2v) is 6.10. The first kappa shape index (κ1) is 20.6. The molecule has 1 aromatic heterocycles. The molecule has 2 N–H and O–H groups in total. The fourth-order valence-electron chi connectivity index (χ4n) is 2.73. The highest BCUT2D eigenvalue weighted by atomic mass is 16.5. The van der Waals surface area contributed by atoms with E-state index < -0.39 is 0 Å². The van der Waals surface area contributed by atoms with Crippen LogP contribution in [0, 0.1) is 0 Å². The average molecular weight is 370 g/mol. The van der Waals surface area contributed by atoms with Gasteiger partial charge in [-0.05, 0) is 50.1 Å². The summed E-state index contributed by atoms with van der Waals surface area (Å²) in [6.07, 6.45) is 1.91. The number of aliphatic imine (C=N–C) groups is 1. The monoisotopic (exact) mass is 369 g/mol. The highest BCUT2D eigenvalue weighted by molar-refractivity contribution is 5.79. The van der Waals surface area contributed by atoms with Gasteiger partial charge in [0, 0.05) is 32.4 Å². The van der Waals surface area contributed by atoms with Gasteiger partial charge in [-0.2, -0.15) is 0 Å². The molecule has 0 atom stereocenters. The summed E-state index contributed by atoms with van der Waals surface area (Å²) >= 11 is 0. The van der Waals surface area contributed by atoms with Gasteiger partial charge in [-0.3, -0.25) is 0 Å². The highest BCUT2D eigenvalue weighted by Gasteiger charge is 2.04. The van der Waals surface area contributed by atoms with Crippen LogP contribution in [0.5, 0.6) is 5.75 Å². The van der Waals surface area contributed by atoms with E-state index in [0.717, 1.165) is 48.3 Å². The van der Waals surface area contributed by atoms with Crippen molar-refractivity contribution in [3.8, 4) is 5.75 Å². The summed E-state index contributed by atoms with van der Waals surface area (Å²) < 4.78 is 5.27. The second kappa shape index (κ2) is 11.1. The summed E-state index contributed by atoms with van der Waals surface area (Å²) in [5, 5.41) is 6.64. The molecule has 27 heavy (non-hydrogen) atoms. The van der Waals surface area contributed by atoms with Crippen LogP contribution in [-0.2, 0) is 13.1 Å². The molecule has 1 heterocycles. The Morgan fingerprint density at radius 2 is 1.89 bits per heavy atom. The maximum atomic E-state index is 5.27. The molecule has 146 valence electrons. The van der Waals surface area contributed by atoms with Gasteiger partial charge in [0.1, 0.15) is 11.6 Å². The van der Waals surface area contributed by atoms with Crippen molar-refractivity contribution in [3.05, 3.63) is 53.7 Å². The van der Waals surface area contributed by atoms with Crippen LogP contribution in [0.25, 0.3) is 0 Å². The summed E-state index contributed by atoms with van der Waals surface area (Å²) in [5.41, 5.74) is 2.23. The lowest BCUT2D eigenvalue weighted by Gasteiger charge is -2.19. The number of methoxy groups -OCH3 is 1. The maximum Gasteiger partial charge on any atom is 0.191 e. The van der Waals surface area contributed by atoms with Gasteiger partial charge in [0.2, 0.25) is 0 Å². The van der Waals surface area contributed by atoms with Gasteiger partial charge in [0.05, 0.1) is 13.7 Å². The summed E-state index contributed by atoms with van der Waals surface area (Å²) in [7, 11) is 1.68. The zero-order chi connectivity index (χ0) is 19.5. The van der Waals surface area contributed by atoms with E-state index in [4.69, 9.17) is 4.74 Å². The van der Waals surface area contributed by atoms with Gasteiger partial charge >= 0.3 is 0 Å². The molecular weight excluding hydrogens is 338 g/mol. The van der Waals surface area contributed by atoms with Crippen molar-refractivity contribution in [2.24, 2.45) is 4.99 Å². The third-order valence-electron chi connectivity index (χ3n) is 4.25. The van der Waals surface area contributed by atoms with E-state index in [0.29, 0.717) is 13.1 Å². The molecule has 0 saturated heterocycles. The molecule has 0 fully saturated rings. The Bertz CT molecular complexity index is 711. The fourth-order valence-corrected chi connectivity index (χ4v) is 2.73. The number of nitrogens with zero attached hydrogens (tertiary/aromatic N) is 3. The van der Waals surface area contributed by atoms with Crippen LogP contribution in [0.1, 0.15) is 31.9 Å². The number of ether oxygens (including phenoxy) is 1. The summed E-state index contributed by atoms with van der Waals surface area (Å²) in [5.74, 6) is 2.65. The molecule has 0 bridgehead atoms. The molecule has 0 saturated carbocycles. The first-order valence-corrected chi connectivity index (χ1v) is 9.55. The van der Waals surface area contributed by atoms with Crippen LogP contribution in [0.4, 0.5) is 5.82 Å². The normalized spacial score (nSPS) is 11.2. The number of anilines is 1. The van der Waals surface area contributed by atoms with Crippen molar-refractivity contribution >= 4 is 11.8 Å². The third-order valence-corrected chi connectivity index (χ3v) is 4.25. The number of pyridine rings is 1. The van der Waals surface area contributed by atoms with Crippen molar-refractivity contribution in [1.29, 1.82) is 0 Å². The Kier molecular flexibility index (Phi) is 8.42. The predicted molar refractivity (Wildman–Crippen MR) is 112 cm³/mol. The van der Waals surface area contributed by atoms with Gasteiger partial charge in [-0.15, -0.1) is 0 Å². The summed E-state index contributed by atoms with van der Waals surface area (Å²) in [6, 6.07) is 12.2. The predicted octanol–water partition coefficient (Wildman–Crippen LogP) is 3.19. The molecule has 2 aromatic rings. The quantitative estimate of drug-likeness (QED) is 0.525. The van der Waals surface area contributed by atoms with E-state index in [-0.39, 0.29) is 0 Å². The smallest absolute Gasteiger partial charge is 0.191 e. The minimum Gasteiger partial charge on any atom is -0.497 e. The number of rotatable bonds is 9. The first-order valence-electron chi connectivity index (χ1n) is 9.55. The van der Waals surface area contributed by atoms with Crippen molar-refractivity contribution in [2.75, 3.05) is 31.6 Å². The van der Waals surface area contributed by atoms with Gasteiger partial charge in [0.15, 0.2) is 5.96 Å². The van der Waals surface area contributed by atoms with E-state index in [1.54, 1.807) is 7.11 Å². The molecular formula is C21H31N5O. The lowest BCUT2D eigenvalue weighted by Crippen LogP contribution is -2.36. The number of nitrogens with one attached hydrogen (secondary N) is 2. The molecule has 0 aliphatic heterocycles. The van der Waals surface area contributed by atoms with Crippen LogP contribution in [-0.4, -0.2) is 37.7 Å². The minimum atomic E-state index is 0.582. The second-order valence-electron chi connectivity index (χ2n) is 6.10. The van der Waals surface area contributed by atoms with Crippen molar-refractivity contribution in [1.82, 2.24) is 15.6 Å². The van der Waals surface area contributed by atoms with Crippen LogP contribution >= 0.6 is 0 Å². The molecule has 1 aromatic carbocycles. The standard InChI is InChI=1S/C21H31N5O/c1-5-22-21(24-14-17-9-8-10-19(13-17)27-4)25-16-18-11-12-20(23-15-18)26(6-2)7-3/h8-13,15H,5-7,14,16H2,1-4H3,(H2,22,24,25). The van der Waals surface area contributed by atoms with E-state index in [9.17, 15) is 0 Å².